The Hall–Kier alpha value is -3.20. The molecule has 0 radical (unpaired) electrons. The van der Waals surface area contributed by atoms with Crippen molar-refractivity contribution in [1.29, 1.82) is 0 Å². The summed E-state index contributed by atoms with van der Waals surface area (Å²) in [5.74, 6) is 2.61. The largest absolute Gasteiger partial charge is 0.497 e. The molecule has 3 aromatic rings. The summed E-state index contributed by atoms with van der Waals surface area (Å²) < 4.78 is 56.7. The van der Waals surface area contributed by atoms with Gasteiger partial charge >= 0.3 is 10.1 Å². The highest BCUT2D eigenvalue weighted by atomic mass is 32.2. The van der Waals surface area contributed by atoms with Gasteiger partial charge in [0.2, 0.25) is 0 Å². The molecule has 8 nitrogen and oxygen atoms in total. The normalized spacial score (nSPS) is 23.6. The molecule has 0 amide bonds. The zero-order valence-corrected chi connectivity index (χ0v) is 24.4. The number of methoxy groups -OCH3 is 2. The summed E-state index contributed by atoms with van der Waals surface area (Å²) in [5, 5.41) is 3.84. The van der Waals surface area contributed by atoms with Crippen molar-refractivity contribution in [3.63, 3.8) is 0 Å². The molecular formula is C31H37NO7S. The molecule has 2 fully saturated rings. The Morgan fingerprint density at radius 2 is 1.55 bits per heavy atom. The second-order valence-corrected chi connectivity index (χ2v) is 12.9. The molecule has 2 aromatic carbocycles. The molecule has 1 aliphatic heterocycles. The maximum atomic E-state index is 13.7. The van der Waals surface area contributed by atoms with Crippen LogP contribution in [0.5, 0.6) is 23.0 Å². The van der Waals surface area contributed by atoms with Gasteiger partial charge in [-0.2, -0.15) is 8.42 Å². The third kappa shape index (κ3) is 4.16. The van der Waals surface area contributed by atoms with Gasteiger partial charge in [-0.25, -0.2) is 0 Å². The van der Waals surface area contributed by atoms with Gasteiger partial charge in [-0.3, -0.25) is 0 Å². The fourth-order valence-corrected chi connectivity index (χ4v) is 8.96. The Morgan fingerprint density at radius 1 is 0.875 bits per heavy atom. The van der Waals surface area contributed by atoms with E-state index in [1.54, 1.807) is 34.1 Å². The van der Waals surface area contributed by atoms with Crippen LogP contribution in [0.25, 0.3) is 0 Å². The summed E-state index contributed by atoms with van der Waals surface area (Å²) in [6.45, 7) is 3.16. The van der Waals surface area contributed by atoms with Crippen LogP contribution in [-0.4, -0.2) is 27.8 Å². The number of fused-ring (bicyclic) bond motifs is 4. The van der Waals surface area contributed by atoms with Gasteiger partial charge in [0.05, 0.1) is 14.2 Å². The Balaban J connectivity index is 1.56. The van der Waals surface area contributed by atoms with Gasteiger partial charge in [-0.15, -0.1) is 0 Å². The highest BCUT2D eigenvalue weighted by molar-refractivity contribution is 7.87. The number of ether oxygens (including phenoxy) is 3. The predicted molar refractivity (Wildman–Crippen MR) is 149 cm³/mol. The third-order valence-electron chi connectivity index (χ3n) is 9.35. The van der Waals surface area contributed by atoms with E-state index in [1.807, 2.05) is 24.3 Å². The van der Waals surface area contributed by atoms with E-state index in [9.17, 15) is 8.42 Å². The molecule has 40 heavy (non-hydrogen) atoms. The lowest BCUT2D eigenvalue weighted by molar-refractivity contribution is -0.0956. The van der Waals surface area contributed by atoms with Crippen molar-refractivity contribution in [2.24, 2.45) is 5.92 Å². The number of aromatic nitrogens is 1. The molecule has 0 saturated heterocycles. The number of hydrogen-bond acceptors (Lipinski definition) is 8. The summed E-state index contributed by atoms with van der Waals surface area (Å²) >= 11 is 0. The molecule has 3 aliphatic rings. The highest BCUT2D eigenvalue weighted by Crippen LogP contribution is 2.64. The third-order valence-corrected chi connectivity index (χ3v) is 10.8. The maximum absolute atomic E-state index is 13.7. The molecule has 0 bridgehead atoms. The van der Waals surface area contributed by atoms with Crippen LogP contribution in [0.2, 0.25) is 0 Å². The van der Waals surface area contributed by atoms with Crippen LogP contribution in [0.15, 0.2) is 45.8 Å². The monoisotopic (exact) mass is 567 g/mol. The molecule has 2 heterocycles. The standard InChI is InChI=1S/C31H37NO7S/c1-20-29(21(2)38-32-20)40(33,34)39-27-19-23(36-4)12-14-25(27)31-17-9-6-10-28(31)30(15-7-5-8-16-30)24-13-11-22(35-3)18-26(24)37-31/h11-14,18-19,28H,5-10,15-17H2,1-4H3. The van der Waals surface area contributed by atoms with E-state index < -0.39 is 15.7 Å². The van der Waals surface area contributed by atoms with Crippen LogP contribution >= 0.6 is 0 Å². The summed E-state index contributed by atoms with van der Waals surface area (Å²) in [7, 11) is -1.03. The molecule has 6 rings (SSSR count). The van der Waals surface area contributed by atoms with Crippen molar-refractivity contribution in [2.45, 2.75) is 87.5 Å². The molecule has 9 heteroatoms. The number of hydrogen-bond donors (Lipinski definition) is 0. The fourth-order valence-electron chi connectivity index (χ4n) is 7.71. The van der Waals surface area contributed by atoms with E-state index >= 15 is 0 Å². The molecular weight excluding hydrogens is 530 g/mol. The number of aryl methyl sites for hydroxylation is 2. The number of benzene rings is 2. The minimum atomic E-state index is -4.25. The van der Waals surface area contributed by atoms with Gasteiger partial charge in [0.15, 0.2) is 16.4 Å². The van der Waals surface area contributed by atoms with Crippen molar-refractivity contribution in [2.75, 3.05) is 14.2 Å². The molecule has 1 aromatic heterocycles. The average Bonchev–Trinajstić information content (AvgIpc) is 3.31. The van der Waals surface area contributed by atoms with Crippen LogP contribution in [0.3, 0.4) is 0 Å². The quantitative estimate of drug-likeness (QED) is 0.302. The van der Waals surface area contributed by atoms with Crippen molar-refractivity contribution in [3.8, 4) is 23.0 Å². The first-order valence-electron chi connectivity index (χ1n) is 14.2. The number of nitrogens with zero attached hydrogens (tertiary/aromatic N) is 1. The lowest BCUT2D eigenvalue weighted by atomic mass is 9.51. The Kier molecular flexibility index (Phi) is 6.76. The smallest absolute Gasteiger partial charge is 0.344 e. The zero-order chi connectivity index (χ0) is 28.1. The lowest BCUT2D eigenvalue weighted by Gasteiger charge is -2.58. The van der Waals surface area contributed by atoms with Crippen LogP contribution < -0.4 is 18.4 Å². The van der Waals surface area contributed by atoms with E-state index in [0.29, 0.717) is 5.75 Å². The second-order valence-electron chi connectivity index (χ2n) is 11.4. The summed E-state index contributed by atoms with van der Waals surface area (Å²) in [4.78, 5) is -0.0534. The van der Waals surface area contributed by atoms with E-state index in [-0.39, 0.29) is 33.4 Å². The van der Waals surface area contributed by atoms with Gasteiger partial charge in [0, 0.05) is 34.6 Å². The first kappa shape index (κ1) is 27.0. The van der Waals surface area contributed by atoms with Gasteiger partial charge in [-0.1, -0.05) is 36.9 Å². The zero-order valence-electron chi connectivity index (χ0n) is 23.6. The topological polar surface area (TPSA) is 97.1 Å². The molecule has 2 unspecified atom stereocenters. The minimum Gasteiger partial charge on any atom is -0.497 e. The van der Waals surface area contributed by atoms with Gasteiger partial charge < -0.3 is 22.9 Å². The van der Waals surface area contributed by atoms with Gasteiger partial charge in [-0.05, 0) is 64.2 Å². The van der Waals surface area contributed by atoms with E-state index in [0.717, 1.165) is 68.4 Å². The predicted octanol–water partition coefficient (Wildman–Crippen LogP) is 6.76. The van der Waals surface area contributed by atoms with E-state index in [2.05, 4.69) is 11.2 Å². The first-order valence-corrected chi connectivity index (χ1v) is 15.6. The van der Waals surface area contributed by atoms with E-state index in [1.165, 1.54) is 12.0 Å². The van der Waals surface area contributed by atoms with Gasteiger partial charge in [0.1, 0.15) is 28.5 Å². The van der Waals surface area contributed by atoms with Crippen molar-refractivity contribution < 1.29 is 31.3 Å². The maximum Gasteiger partial charge on any atom is 0.344 e. The van der Waals surface area contributed by atoms with Crippen LogP contribution in [0.4, 0.5) is 0 Å². The van der Waals surface area contributed by atoms with Crippen molar-refractivity contribution in [1.82, 2.24) is 5.16 Å². The summed E-state index contributed by atoms with van der Waals surface area (Å²) in [5.41, 5.74) is 1.38. The summed E-state index contributed by atoms with van der Waals surface area (Å²) in [6, 6.07) is 11.7. The minimum absolute atomic E-state index is 0.0534. The first-order chi connectivity index (χ1) is 19.2. The van der Waals surface area contributed by atoms with E-state index in [4.69, 9.17) is 22.9 Å². The second kappa shape index (κ2) is 10.0. The Labute approximate surface area is 236 Å². The van der Waals surface area contributed by atoms with Crippen molar-refractivity contribution in [3.05, 3.63) is 59.0 Å². The summed E-state index contributed by atoms with van der Waals surface area (Å²) in [6.07, 6.45) is 9.51. The number of rotatable bonds is 6. The Morgan fingerprint density at radius 3 is 2.23 bits per heavy atom. The SMILES string of the molecule is COc1ccc2c(c1)OC1(c3ccc(OC)cc3OS(=O)(=O)c3c(C)noc3C)CCCCC1C21CCCCC1. The molecule has 2 saturated carbocycles. The average molecular weight is 568 g/mol. The fraction of sp³-hybridized carbons (Fsp3) is 0.516. The molecule has 2 atom stereocenters. The van der Waals surface area contributed by atoms with Crippen molar-refractivity contribution >= 4 is 10.1 Å². The van der Waals surface area contributed by atoms with Crippen LogP contribution in [0, 0.1) is 19.8 Å². The molecule has 0 N–H and O–H groups in total. The Bertz CT molecular complexity index is 1500. The molecule has 214 valence electrons. The lowest BCUT2D eigenvalue weighted by Crippen LogP contribution is -2.57. The van der Waals surface area contributed by atoms with Gasteiger partial charge in [0.25, 0.3) is 0 Å². The molecule has 2 aliphatic carbocycles. The van der Waals surface area contributed by atoms with Crippen LogP contribution in [0.1, 0.15) is 80.4 Å². The molecule has 1 spiro atoms. The van der Waals surface area contributed by atoms with Crippen LogP contribution in [-0.2, 0) is 21.1 Å². The highest BCUT2D eigenvalue weighted by Gasteiger charge is 2.60.